The van der Waals surface area contributed by atoms with Crippen molar-refractivity contribution in [2.45, 2.75) is 9.79 Å². The van der Waals surface area contributed by atoms with Crippen LogP contribution in [0, 0.1) is 11.6 Å². The summed E-state index contributed by atoms with van der Waals surface area (Å²) in [6.45, 7) is 0. The minimum Gasteiger partial charge on any atom is -0.207 e. The van der Waals surface area contributed by atoms with E-state index in [1.54, 1.807) is 24.3 Å². The lowest BCUT2D eigenvalue weighted by atomic mass is 10.4. The van der Waals surface area contributed by atoms with Gasteiger partial charge in [-0.3, -0.25) is 0 Å². The van der Waals surface area contributed by atoms with Gasteiger partial charge < -0.3 is 0 Å². The van der Waals surface area contributed by atoms with Crippen molar-refractivity contribution in [2.75, 3.05) is 0 Å². The Morgan fingerprint density at radius 2 is 0.875 bits per heavy atom. The Labute approximate surface area is 166 Å². The van der Waals surface area contributed by atoms with Crippen molar-refractivity contribution < 1.29 is 8.78 Å². The van der Waals surface area contributed by atoms with Crippen LogP contribution >= 0.6 is 69.9 Å². The lowest BCUT2D eigenvalue weighted by molar-refractivity contribution is 0.626. The molecule has 0 radical (unpaired) electrons. The highest BCUT2D eigenvalue weighted by molar-refractivity contribution is 8.05. The number of hydrogen-bond acceptors (Lipinski definition) is 2. The fourth-order valence-corrected chi connectivity index (χ4v) is 4.17. The Kier molecular flexibility index (Phi) is 7.79. The second-order valence-electron chi connectivity index (χ2n) is 4.29. The van der Waals surface area contributed by atoms with Gasteiger partial charge in [0.15, 0.2) is 0 Å². The Morgan fingerprint density at radius 1 is 0.583 bits per heavy atom. The molecule has 0 saturated heterocycles. The van der Waals surface area contributed by atoms with Crippen LogP contribution < -0.4 is 0 Å². The molecule has 0 fully saturated rings. The van der Waals surface area contributed by atoms with Crippen LogP contribution in [-0.2, 0) is 0 Å². The van der Waals surface area contributed by atoms with Crippen molar-refractivity contribution in [3.8, 4) is 0 Å². The molecule has 0 aliphatic rings. The number of rotatable bonds is 5. The van der Waals surface area contributed by atoms with Crippen LogP contribution in [0.1, 0.15) is 0 Å². The predicted octanol–water partition coefficient (Wildman–Crippen LogP) is 8.14. The van der Waals surface area contributed by atoms with E-state index in [0.29, 0.717) is 9.79 Å². The molecular weight excluding hydrogens is 436 g/mol. The van der Waals surface area contributed by atoms with Crippen molar-refractivity contribution in [1.82, 2.24) is 0 Å². The molecule has 0 aliphatic carbocycles. The third-order valence-electron chi connectivity index (χ3n) is 2.58. The minimum atomic E-state index is -0.345. The molecule has 0 amide bonds. The van der Waals surface area contributed by atoms with Gasteiger partial charge in [0.2, 0.25) is 0 Å². The van der Waals surface area contributed by atoms with E-state index in [9.17, 15) is 8.78 Å². The normalized spacial score (nSPS) is 13.4. The average molecular weight is 444 g/mol. The van der Waals surface area contributed by atoms with Gasteiger partial charge in [-0.05, 0) is 48.5 Å². The summed E-state index contributed by atoms with van der Waals surface area (Å²) < 4.78 is 26.2. The highest BCUT2D eigenvalue weighted by atomic mass is 35.5. The van der Waals surface area contributed by atoms with Gasteiger partial charge >= 0.3 is 0 Å². The van der Waals surface area contributed by atoms with Crippen LogP contribution in [-0.4, -0.2) is 0 Å². The first kappa shape index (κ1) is 20.0. The molecule has 0 saturated carbocycles. The molecule has 0 spiro atoms. The van der Waals surface area contributed by atoms with Gasteiger partial charge in [-0.15, -0.1) is 0 Å². The molecule has 0 bridgehead atoms. The lowest BCUT2D eigenvalue weighted by Crippen LogP contribution is -1.81. The smallest absolute Gasteiger partial charge is 0.123 e. The molecule has 0 N–H and O–H groups in total. The van der Waals surface area contributed by atoms with E-state index in [0.717, 1.165) is 23.5 Å². The molecule has 0 aromatic heterocycles. The number of allylic oxidation sites excluding steroid dienone is 2. The van der Waals surface area contributed by atoms with Gasteiger partial charge in [-0.1, -0.05) is 69.9 Å². The molecule has 0 unspecified atom stereocenters. The van der Waals surface area contributed by atoms with Gasteiger partial charge in [0.1, 0.15) is 11.6 Å². The maximum Gasteiger partial charge on any atom is 0.123 e. The van der Waals surface area contributed by atoms with Crippen LogP contribution in [0.4, 0.5) is 8.78 Å². The SMILES string of the molecule is Fc1ccc(S/C(Cl)=C(Cl)\C(Cl)=C(\Cl)Sc2ccc(F)cc2)cc1. The Hall–Kier alpha value is -0.360. The number of benzene rings is 2. The fourth-order valence-electron chi connectivity index (χ4n) is 1.47. The van der Waals surface area contributed by atoms with Crippen molar-refractivity contribution >= 4 is 69.9 Å². The van der Waals surface area contributed by atoms with E-state index in [1.807, 2.05) is 0 Å². The predicted molar refractivity (Wildman–Crippen MR) is 102 cm³/mol. The van der Waals surface area contributed by atoms with Crippen molar-refractivity contribution in [2.24, 2.45) is 0 Å². The quantitative estimate of drug-likeness (QED) is 0.337. The maximum absolute atomic E-state index is 12.9. The second kappa shape index (κ2) is 9.37. The maximum atomic E-state index is 12.9. The summed E-state index contributed by atoms with van der Waals surface area (Å²) in [6, 6.07) is 11.5. The molecule has 126 valence electrons. The minimum absolute atomic E-state index is 0.0762. The van der Waals surface area contributed by atoms with Crippen LogP contribution in [0.3, 0.4) is 0 Å². The fraction of sp³-hybridized carbons (Fsp3) is 0. The summed E-state index contributed by atoms with van der Waals surface area (Å²) in [4.78, 5) is 1.40. The topological polar surface area (TPSA) is 0 Å². The number of halogens is 6. The van der Waals surface area contributed by atoms with Crippen molar-refractivity contribution in [1.29, 1.82) is 0 Å². The lowest BCUT2D eigenvalue weighted by Gasteiger charge is -2.06. The van der Waals surface area contributed by atoms with E-state index >= 15 is 0 Å². The first-order valence-electron chi connectivity index (χ1n) is 6.34. The van der Waals surface area contributed by atoms with Gasteiger partial charge in [-0.25, -0.2) is 8.78 Å². The van der Waals surface area contributed by atoms with Gasteiger partial charge in [0.25, 0.3) is 0 Å². The zero-order valence-electron chi connectivity index (χ0n) is 11.7. The van der Waals surface area contributed by atoms with Crippen molar-refractivity contribution in [3.05, 3.63) is 79.0 Å². The first-order valence-corrected chi connectivity index (χ1v) is 9.49. The van der Waals surface area contributed by atoms with E-state index in [4.69, 9.17) is 46.4 Å². The molecule has 0 atom stereocenters. The molecule has 2 rings (SSSR count). The Morgan fingerprint density at radius 3 is 1.17 bits per heavy atom. The third-order valence-corrected chi connectivity index (χ3v) is 6.47. The van der Waals surface area contributed by atoms with Crippen LogP contribution in [0.5, 0.6) is 0 Å². The zero-order valence-corrected chi connectivity index (χ0v) is 16.4. The summed E-state index contributed by atoms with van der Waals surface area (Å²) in [5.74, 6) is -0.690. The third kappa shape index (κ3) is 5.87. The average Bonchev–Trinajstić information content (AvgIpc) is 2.57. The Bertz CT molecular complexity index is 704. The van der Waals surface area contributed by atoms with Crippen LogP contribution in [0.2, 0.25) is 0 Å². The van der Waals surface area contributed by atoms with Gasteiger partial charge in [0, 0.05) is 9.79 Å². The van der Waals surface area contributed by atoms with Crippen LogP contribution in [0.15, 0.2) is 77.1 Å². The van der Waals surface area contributed by atoms with E-state index in [2.05, 4.69) is 0 Å². The highest BCUT2D eigenvalue weighted by Crippen LogP contribution is 2.42. The molecule has 8 heteroatoms. The summed E-state index contributed by atoms with van der Waals surface area (Å²) >= 11 is 26.9. The summed E-state index contributed by atoms with van der Waals surface area (Å²) in [6.07, 6.45) is 0. The molecular formula is C16H8Cl4F2S2. The molecule has 2 aromatic carbocycles. The van der Waals surface area contributed by atoms with Crippen molar-refractivity contribution in [3.63, 3.8) is 0 Å². The van der Waals surface area contributed by atoms with Gasteiger partial charge in [-0.2, -0.15) is 0 Å². The number of thioether (sulfide) groups is 2. The summed E-state index contributed by atoms with van der Waals surface area (Å²) in [5, 5.41) is 0.152. The summed E-state index contributed by atoms with van der Waals surface area (Å²) in [7, 11) is 0. The first-order chi connectivity index (χ1) is 11.4. The van der Waals surface area contributed by atoms with Gasteiger partial charge in [0.05, 0.1) is 18.8 Å². The molecule has 24 heavy (non-hydrogen) atoms. The van der Waals surface area contributed by atoms with E-state index < -0.39 is 0 Å². The van der Waals surface area contributed by atoms with E-state index in [-0.39, 0.29) is 30.4 Å². The highest BCUT2D eigenvalue weighted by Gasteiger charge is 2.13. The molecule has 0 aliphatic heterocycles. The molecule has 2 aromatic rings. The molecule has 0 nitrogen and oxygen atoms in total. The second-order valence-corrected chi connectivity index (χ2v) is 8.41. The van der Waals surface area contributed by atoms with E-state index in [1.165, 1.54) is 24.3 Å². The largest absolute Gasteiger partial charge is 0.207 e. The van der Waals surface area contributed by atoms with Crippen LogP contribution in [0.25, 0.3) is 0 Å². The zero-order chi connectivity index (χ0) is 17.7. The number of hydrogen-bond donors (Lipinski definition) is 0. The summed E-state index contributed by atoms with van der Waals surface area (Å²) in [5.41, 5.74) is 0. The molecule has 0 heterocycles. The Balaban J connectivity index is 2.16. The standard InChI is InChI=1S/C16H8Cl4F2S2/c17-13(15(19)23-11-5-1-9(21)2-6-11)14(18)16(20)24-12-7-3-10(22)4-8-12/h1-8H/b15-13+,16-14+. The monoisotopic (exact) mass is 442 g/mol.